The van der Waals surface area contributed by atoms with E-state index in [1.165, 1.54) is 19.2 Å². The first-order valence-corrected chi connectivity index (χ1v) is 8.90. The van der Waals surface area contributed by atoms with Gasteiger partial charge in [-0.2, -0.15) is 4.31 Å². The molecule has 0 heterocycles. The maximum absolute atomic E-state index is 12.9. The van der Waals surface area contributed by atoms with Gasteiger partial charge in [-0.3, -0.25) is 9.59 Å². The number of rotatable bonds is 7. The number of carbonyl (C=O) groups is 2. The maximum atomic E-state index is 12.9. The Labute approximate surface area is 150 Å². The van der Waals surface area contributed by atoms with E-state index in [1.54, 1.807) is 12.1 Å². The second kappa shape index (κ2) is 8.07. The molecule has 2 N–H and O–H groups in total. The van der Waals surface area contributed by atoms with Gasteiger partial charge in [-0.25, -0.2) is 12.8 Å². The lowest BCUT2D eigenvalue weighted by atomic mass is 10.1. The van der Waals surface area contributed by atoms with E-state index in [0.717, 1.165) is 28.6 Å². The summed E-state index contributed by atoms with van der Waals surface area (Å²) < 4.78 is 43.4. The van der Waals surface area contributed by atoms with Crippen molar-refractivity contribution in [1.82, 2.24) is 4.31 Å². The van der Waals surface area contributed by atoms with E-state index in [-0.39, 0.29) is 11.5 Å². The van der Waals surface area contributed by atoms with Gasteiger partial charge in [0.2, 0.25) is 15.9 Å². The number of benzene rings is 2. The highest BCUT2D eigenvalue weighted by Gasteiger charge is 2.23. The Kier molecular flexibility index (Phi) is 6.06. The van der Waals surface area contributed by atoms with Gasteiger partial charge in [-0.1, -0.05) is 12.1 Å². The standard InChI is InChI=1S/C17H17FN2O5S/c1-20(26(23,24)15-8-6-14(18)7-9-15)10-16(21)25-11-12-2-4-13(5-3-12)17(19)22/h2-9H,10-11H2,1H3,(H2,19,22). The predicted octanol–water partition coefficient (Wildman–Crippen LogP) is 1.29. The third-order valence-corrected chi connectivity index (χ3v) is 5.33. The van der Waals surface area contributed by atoms with E-state index in [4.69, 9.17) is 10.5 Å². The highest BCUT2D eigenvalue weighted by Crippen LogP contribution is 2.15. The van der Waals surface area contributed by atoms with Gasteiger partial charge in [0.15, 0.2) is 0 Å². The molecule has 2 rings (SSSR count). The van der Waals surface area contributed by atoms with E-state index in [2.05, 4.69) is 0 Å². The summed E-state index contributed by atoms with van der Waals surface area (Å²) in [7, 11) is -2.71. The van der Waals surface area contributed by atoms with Crippen molar-refractivity contribution < 1.29 is 27.1 Å². The molecule has 2 aromatic carbocycles. The average Bonchev–Trinajstić information content (AvgIpc) is 2.60. The van der Waals surface area contributed by atoms with E-state index in [0.29, 0.717) is 11.1 Å². The topological polar surface area (TPSA) is 107 Å². The number of sulfonamides is 1. The van der Waals surface area contributed by atoms with Gasteiger partial charge >= 0.3 is 5.97 Å². The van der Waals surface area contributed by atoms with Crippen LogP contribution in [-0.2, 0) is 26.2 Å². The quantitative estimate of drug-likeness (QED) is 0.729. The highest BCUT2D eigenvalue weighted by molar-refractivity contribution is 7.89. The monoisotopic (exact) mass is 380 g/mol. The van der Waals surface area contributed by atoms with Crippen molar-refractivity contribution in [3.63, 3.8) is 0 Å². The Hall–Kier alpha value is -2.78. The van der Waals surface area contributed by atoms with E-state index < -0.39 is 34.3 Å². The summed E-state index contributed by atoms with van der Waals surface area (Å²) in [5.74, 6) is -1.88. The SMILES string of the molecule is CN(CC(=O)OCc1ccc(C(N)=O)cc1)S(=O)(=O)c1ccc(F)cc1. The van der Waals surface area contributed by atoms with Crippen molar-refractivity contribution in [3.05, 3.63) is 65.5 Å². The number of halogens is 1. The van der Waals surface area contributed by atoms with Crippen molar-refractivity contribution in [2.24, 2.45) is 5.73 Å². The van der Waals surface area contributed by atoms with Gasteiger partial charge in [0, 0.05) is 12.6 Å². The summed E-state index contributed by atoms with van der Waals surface area (Å²) in [6.45, 7) is -0.582. The fourth-order valence-corrected chi connectivity index (χ4v) is 3.14. The molecule has 0 saturated heterocycles. The number of carbonyl (C=O) groups excluding carboxylic acids is 2. The van der Waals surface area contributed by atoms with Crippen molar-refractivity contribution in [2.45, 2.75) is 11.5 Å². The van der Waals surface area contributed by atoms with Gasteiger partial charge in [0.25, 0.3) is 0 Å². The van der Waals surface area contributed by atoms with Crippen molar-refractivity contribution in [1.29, 1.82) is 0 Å². The van der Waals surface area contributed by atoms with Crippen LogP contribution in [0.3, 0.4) is 0 Å². The summed E-state index contributed by atoms with van der Waals surface area (Å²) >= 11 is 0. The van der Waals surface area contributed by atoms with Gasteiger partial charge in [-0.05, 0) is 42.0 Å². The van der Waals surface area contributed by atoms with Crippen LogP contribution in [0.2, 0.25) is 0 Å². The largest absolute Gasteiger partial charge is 0.460 e. The molecule has 2 aromatic rings. The molecular formula is C17H17FN2O5S. The van der Waals surface area contributed by atoms with Gasteiger partial charge in [-0.15, -0.1) is 0 Å². The zero-order chi connectivity index (χ0) is 19.3. The van der Waals surface area contributed by atoms with E-state index in [1.807, 2.05) is 0 Å². The minimum atomic E-state index is -3.93. The van der Waals surface area contributed by atoms with Crippen LogP contribution in [0.4, 0.5) is 4.39 Å². The molecule has 0 bridgehead atoms. The van der Waals surface area contributed by atoms with Crippen LogP contribution >= 0.6 is 0 Å². The first kappa shape index (κ1) is 19.5. The zero-order valence-corrected chi connectivity index (χ0v) is 14.7. The third kappa shape index (κ3) is 4.87. The number of hydrogen-bond donors (Lipinski definition) is 1. The van der Waals surface area contributed by atoms with Crippen LogP contribution in [0.5, 0.6) is 0 Å². The number of likely N-dealkylation sites (N-methyl/N-ethyl adjacent to an activating group) is 1. The molecule has 0 aliphatic heterocycles. The van der Waals surface area contributed by atoms with Crippen molar-refractivity contribution in [2.75, 3.05) is 13.6 Å². The molecule has 1 amide bonds. The Balaban J connectivity index is 1.94. The zero-order valence-electron chi connectivity index (χ0n) is 13.9. The second-order valence-electron chi connectivity index (χ2n) is 5.44. The Morgan fingerprint density at radius 1 is 1.08 bits per heavy atom. The highest BCUT2D eigenvalue weighted by atomic mass is 32.2. The summed E-state index contributed by atoms with van der Waals surface area (Å²) in [5.41, 5.74) is 6.07. The van der Waals surface area contributed by atoms with Gasteiger partial charge in [0.05, 0.1) is 4.90 Å². The van der Waals surface area contributed by atoms with Gasteiger partial charge < -0.3 is 10.5 Å². The first-order chi connectivity index (χ1) is 12.2. The molecule has 0 atom stereocenters. The number of esters is 1. The predicted molar refractivity (Wildman–Crippen MR) is 91.0 cm³/mol. The smallest absolute Gasteiger partial charge is 0.321 e. The lowest BCUT2D eigenvalue weighted by Gasteiger charge is -2.16. The van der Waals surface area contributed by atoms with E-state index in [9.17, 15) is 22.4 Å². The maximum Gasteiger partial charge on any atom is 0.321 e. The summed E-state index contributed by atoms with van der Waals surface area (Å²) in [5, 5.41) is 0. The normalized spacial score (nSPS) is 11.3. The molecule has 0 aliphatic carbocycles. The number of nitrogens with zero attached hydrogens (tertiary/aromatic N) is 1. The molecule has 0 unspecified atom stereocenters. The van der Waals surface area contributed by atoms with Crippen molar-refractivity contribution in [3.8, 4) is 0 Å². The Morgan fingerprint density at radius 2 is 1.65 bits per heavy atom. The number of primary amides is 1. The number of hydrogen-bond acceptors (Lipinski definition) is 5. The fourth-order valence-electron chi connectivity index (χ4n) is 2.03. The van der Waals surface area contributed by atoms with Crippen LogP contribution in [0.1, 0.15) is 15.9 Å². The second-order valence-corrected chi connectivity index (χ2v) is 7.48. The van der Waals surface area contributed by atoms with Crippen molar-refractivity contribution >= 4 is 21.9 Å². The summed E-state index contributed by atoms with van der Waals surface area (Å²) in [6, 6.07) is 10.4. The first-order valence-electron chi connectivity index (χ1n) is 7.46. The molecule has 26 heavy (non-hydrogen) atoms. The Bertz CT molecular complexity index is 896. The molecule has 0 aliphatic rings. The molecule has 0 spiro atoms. The minimum absolute atomic E-state index is 0.0810. The Morgan fingerprint density at radius 3 is 2.19 bits per heavy atom. The fraction of sp³-hybridized carbons (Fsp3) is 0.176. The van der Waals surface area contributed by atoms with Crippen LogP contribution in [0.25, 0.3) is 0 Å². The van der Waals surface area contributed by atoms with Crippen LogP contribution in [0, 0.1) is 5.82 Å². The molecule has 0 radical (unpaired) electrons. The van der Waals surface area contributed by atoms with Crippen LogP contribution < -0.4 is 5.73 Å². The summed E-state index contributed by atoms with van der Waals surface area (Å²) in [6.07, 6.45) is 0. The molecule has 0 aromatic heterocycles. The average molecular weight is 380 g/mol. The lowest BCUT2D eigenvalue weighted by Crippen LogP contribution is -2.33. The molecule has 9 heteroatoms. The number of amides is 1. The number of nitrogens with two attached hydrogens (primary N) is 1. The molecular weight excluding hydrogens is 363 g/mol. The molecule has 138 valence electrons. The third-order valence-electron chi connectivity index (χ3n) is 3.51. The van der Waals surface area contributed by atoms with Gasteiger partial charge in [0.1, 0.15) is 19.0 Å². The molecule has 0 saturated carbocycles. The van der Waals surface area contributed by atoms with Crippen LogP contribution in [0.15, 0.2) is 53.4 Å². The minimum Gasteiger partial charge on any atom is -0.460 e. The summed E-state index contributed by atoms with van der Waals surface area (Å²) in [4.78, 5) is 22.7. The number of ether oxygens (including phenoxy) is 1. The van der Waals surface area contributed by atoms with E-state index >= 15 is 0 Å². The molecule has 7 nitrogen and oxygen atoms in total. The van der Waals surface area contributed by atoms with Crippen LogP contribution in [-0.4, -0.2) is 38.2 Å². The lowest BCUT2D eigenvalue weighted by molar-refractivity contribution is -0.144. The molecule has 0 fully saturated rings.